The van der Waals surface area contributed by atoms with Crippen LogP contribution in [0.4, 0.5) is 4.39 Å². The lowest BCUT2D eigenvalue weighted by Crippen LogP contribution is -2.35. The third-order valence-corrected chi connectivity index (χ3v) is 4.54. The molecule has 0 aromatic heterocycles. The fourth-order valence-corrected chi connectivity index (χ4v) is 3.33. The molecule has 0 radical (unpaired) electrons. The number of rotatable bonds is 5. The van der Waals surface area contributed by atoms with Crippen molar-refractivity contribution < 1.29 is 9.13 Å². The van der Waals surface area contributed by atoms with Crippen molar-refractivity contribution in [3.8, 4) is 0 Å². The van der Waals surface area contributed by atoms with Crippen molar-refractivity contribution in [3.05, 3.63) is 35.6 Å². The van der Waals surface area contributed by atoms with E-state index >= 15 is 0 Å². The smallest absolute Gasteiger partial charge is 0.123 e. The van der Waals surface area contributed by atoms with Gasteiger partial charge in [-0.25, -0.2) is 4.39 Å². The number of ether oxygens (including phenoxy) is 1. The van der Waals surface area contributed by atoms with Gasteiger partial charge in [0.05, 0.1) is 6.61 Å². The van der Waals surface area contributed by atoms with E-state index in [4.69, 9.17) is 4.74 Å². The Bertz CT molecular complexity index is 296. The number of hydrogen-bond acceptors (Lipinski definition) is 1. The van der Waals surface area contributed by atoms with E-state index in [0.29, 0.717) is 6.61 Å². The molecular formula is C11H13Br2FO. The second kappa shape index (κ2) is 5.97. The van der Waals surface area contributed by atoms with Gasteiger partial charge in [-0.05, 0) is 17.7 Å². The van der Waals surface area contributed by atoms with Crippen molar-refractivity contribution in [3.63, 3.8) is 0 Å². The molecule has 1 nitrogen and oxygen atoms in total. The van der Waals surface area contributed by atoms with Crippen LogP contribution in [0.3, 0.4) is 0 Å². The minimum atomic E-state index is -0.214. The summed E-state index contributed by atoms with van der Waals surface area (Å²) < 4.78 is 18.0. The van der Waals surface area contributed by atoms with E-state index in [9.17, 15) is 4.39 Å². The van der Waals surface area contributed by atoms with Crippen LogP contribution in [0, 0.1) is 5.82 Å². The number of alkyl halides is 2. The summed E-state index contributed by atoms with van der Waals surface area (Å²) in [5.74, 6) is -0.214. The summed E-state index contributed by atoms with van der Waals surface area (Å²) in [6, 6.07) is 6.56. The molecule has 0 aliphatic carbocycles. The van der Waals surface area contributed by atoms with E-state index in [0.717, 1.165) is 16.2 Å². The van der Waals surface area contributed by atoms with Crippen molar-refractivity contribution in [1.29, 1.82) is 0 Å². The van der Waals surface area contributed by atoms with Crippen molar-refractivity contribution in [1.82, 2.24) is 0 Å². The Balaban J connectivity index is 3.02. The van der Waals surface area contributed by atoms with Crippen LogP contribution >= 0.6 is 31.9 Å². The molecule has 0 spiro atoms. The van der Waals surface area contributed by atoms with Gasteiger partial charge in [0.2, 0.25) is 0 Å². The van der Waals surface area contributed by atoms with Gasteiger partial charge in [-0.1, -0.05) is 44.0 Å². The summed E-state index contributed by atoms with van der Waals surface area (Å²) >= 11 is 6.97. The quantitative estimate of drug-likeness (QED) is 0.746. The first-order valence-corrected chi connectivity index (χ1v) is 6.80. The molecule has 0 amide bonds. The predicted molar refractivity (Wildman–Crippen MR) is 67.5 cm³/mol. The second-order valence-corrected chi connectivity index (χ2v) is 4.61. The van der Waals surface area contributed by atoms with Crippen molar-refractivity contribution in [2.75, 3.05) is 24.4 Å². The molecular weight excluding hydrogens is 327 g/mol. The van der Waals surface area contributed by atoms with E-state index in [1.54, 1.807) is 19.2 Å². The van der Waals surface area contributed by atoms with Crippen LogP contribution in [0.1, 0.15) is 5.56 Å². The first-order valence-electron chi connectivity index (χ1n) is 4.55. The molecule has 84 valence electrons. The molecule has 15 heavy (non-hydrogen) atoms. The molecule has 0 N–H and O–H groups in total. The average Bonchev–Trinajstić information content (AvgIpc) is 2.27. The molecule has 0 saturated heterocycles. The Kier molecular flexibility index (Phi) is 5.23. The van der Waals surface area contributed by atoms with Gasteiger partial charge < -0.3 is 4.74 Å². The van der Waals surface area contributed by atoms with Gasteiger partial charge in [0.1, 0.15) is 5.82 Å². The lowest BCUT2D eigenvalue weighted by Gasteiger charge is -2.29. The van der Waals surface area contributed by atoms with Crippen LogP contribution in [0.5, 0.6) is 0 Å². The minimum absolute atomic E-state index is 0.136. The largest absolute Gasteiger partial charge is 0.384 e. The summed E-state index contributed by atoms with van der Waals surface area (Å²) in [6.07, 6.45) is 0. The van der Waals surface area contributed by atoms with Crippen LogP contribution < -0.4 is 0 Å². The molecule has 0 aliphatic rings. The summed E-state index contributed by atoms with van der Waals surface area (Å²) in [4.78, 5) is 0. The molecule has 0 fully saturated rings. The third kappa shape index (κ3) is 3.02. The van der Waals surface area contributed by atoms with Crippen LogP contribution in [0.15, 0.2) is 24.3 Å². The molecule has 0 heterocycles. The third-order valence-electron chi connectivity index (χ3n) is 2.39. The SMILES string of the molecule is COCC(CBr)(CBr)c1ccc(F)cc1. The maximum absolute atomic E-state index is 12.8. The Labute approximate surface area is 106 Å². The first kappa shape index (κ1) is 13.1. The highest BCUT2D eigenvalue weighted by Gasteiger charge is 2.30. The van der Waals surface area contributed by atoms with E-state index in [-0.39, 0.29) is 11.2 Å². The van der Waals surface area contributed by atoms with Crippen LogP contribution in [0.2, 0.25) is 0 Å². The summed E-state index contributed by atoms with van der Waals surface area (Å²) in [7, 11) is 1.67. The Morgan fingerprint density at radius 2 is 1.73 bits per heavy atom. The van der Waals surface area contributed by atoms with Gasteiger partial charge in [0, 0.05) is 23.2 Å². The molecule has 0 saturated carbocycles. The molecule has 1 rings (SSSR count). The van der Waals surface area contributed by atoms with Gasteiger partial charge in [-0.2, -0.15) is 0 Å². The minimum Gasteiger partial charge on any atom is -0.384 e. The fourth-order valence-electron chi connectivity index (χ4n) is 1.43. The summed E-state index contributed by atoms with van der Waals surface area (Å²) in [6.45, 7) is 0.592. The van der Waals surface area contributed by atoms with E-state index < -0.39 is 0 Å². The van der Waals surface area contributed by atoms with Crippen molar-refractivity contribution in [2.24, 2.45) is 0 Å². The zero-order chi connectivity index (χ0) is 11.3. The molecule has 0 atom stereocenters. The number of halogens is 3. The fraction of sp³-hybridized carbons (Fsp3) is 0.455. The van der Waals surface area contributed by atoms with E-state index in [1.165, 1.54) is 12.1 Å². The Hall–Kier alpha value is 0.0700. The van der Waals surface area contributed by atoms with Gasteiger partial charge in [-0.3, -0.25) is 0 Å². The lowest BCUT2D eigenvalue weighted by molar-refractivity contribution is 0.152. The lowest BCUT2D eigenvalue weighted by atomic mass is 9.85. The number of hydrogen-bond donors (Lipinski definition) is 0. The summed E-state index contributed by atoms with van der Waals surface area (Å²) in [5, 5.41) is 1.54. The van der Waals surface area contributed by atoms with Gasteiger partial charge in [0.15, 0.2) is 0 Å². The second-order valence-electron chi connectivity index (χ2n) is 3.49. The molecule has 0 aliphatic heterocycles. The zero-order valence-electron chi connectivity index (χ0n) is 8.47. The molecule has 1 aromatic rings. The topological polar surface area (TPSA) is 9.23 Å². The Morgan fingerprint density at radius 3 is 2.13 bits per heavy atom. The zero-order valence-corrected chi connectivity index (χ0v) is 11.6. The number of methoxy groups -OCH3 is 1. The highest BCUT2D eigenvalue weighted by atomic mass is 79.9. The van der Waals surface area contributed by atoms with Gasteiger partial charge in [0.25, 0.3) is 0 Å². The van der Waals surface area contributed by atoms with Crippen LogP contribution in [0.25, 0.3) is 0 Å². The van der Waals surface area contributed by atoms with Crippen molar-refractivity contribution >= 4 is 31.9 Å². The summed E-state index contributed by atoms with van der Waals surface area (Å²) in [5.41, 5.74) is 0.933. The highest BCUT2D eigenvalue weighted by molar-refractivity contribution is 9.09. The highest BCUT2D eigenvalue weighted by Crippen LogP contribution is 2.29. The maximum Gasteiger partial charge on any atom is 0.123 e. The Morgan fingerprint density at radius 1 is 1.20 bits per heavy atom. The standard InChI is InChI=1S/C11H13Br2FO/c1-15-8-11(6-12,7-13)9-2-4-10(14)5-3-9/h2-5H,6-8H2,1H3. The van der Waals surface area contributed by atoms with Gasteiger partial charge >= 0.3 is 0 Å². The molecule has 1 aromatic carbocycles. The van der Waals surface area contributed by atoms with E-state index in [1.807, 2.05) is 0 Å². The normalized spacial score (nSPS) is 11.7. The van der Waals surface area contributed by atoms with E-state index in [2.05, 4.69) is 31.9 Å². The molecule has 0 bridgehead atoms. The van der Waals surface area contributed by atoms with Gasteiger partial charge in [-0.15, -0.1) is 0 Å². The average molecular weight is 340 g/mol. The monoisotopic (exact) mass is 338 g/mol. The van der Waals surface area contributed by atoms with Crippen LogP contribution in [-0.2, 0) is 10.2 Å². The first-order chi connectivity index (χ1) is 7.18. The molecule has 4 heteroatoms. The maximum atomic E-state index is 12.8. The predicted octanol–water partition coefficient (Wildman–Crippen LogP) is 3.50. The van der Waals surface area contributed by atoms with Crippen molar-refractivity contribution in [2.45, 2.75) is 5.41 Å². The van der Waals surface area contributed by atoms with Crippen LogP contribution in [-0.4, -0.2) is 24.4 Å². The number of benzene rings is 1. The molecule has 0 unspecified atom stereocenters.